The highest BCUT2D eigenvalue weighted by Gasteiger charge is 2.16. The maximum atomic E-state index is 12.9. The Balaban J connectivity index is 1.41. The number of anilines is 1. The first-order chi connectivity index (χ1) is 16.7. The fourth-order valence-electron chi connectivity index (χ4n) is 4.11. The van der Waals surface area contributed by atoms with Crippen LogP contribution < -0.4 is 10.1 Å². The summed E-state index contributed by atoms with van der Waals surface area (Å²) in [6.45, 7) is 11.0. The zero-order valence-electron chi connectivity index (χ0n) is 20.8. The number of hydrogen-bond acceptors (Lipinski definition) is 3. The Morgan fingerprint density at radius 2 is 1.63 bits per heavy atom. The van der Waals surface area contributed by atoms with Gasteiger partial charge in [-0.05, 0) is 81.1 Å². The van der Waals surface area contributed by atoms with E-state index in [1.54, 1.807) is 0 Å². The van der Waals surface area contributed by atoms with E-state index in [0.29, 0.717) is 18.7 Å². The van der Waals surface area contributed by atoms with Crippen LogP contribution in [0.2, 0.25) is 5.02 Å². The van der Waals surface area contributed by atoms with Crippen LogP contribution in [-0.2, 0) is 13.2 Å². The summed E-state index contributed by atoms with van der Waals surface area (Å²) in [6.07, 6.45) is 0. The molecule has 4 aromatic rings. The lowest BCUT2D eigenvalue weighted by Crippen LogP contribution is -2.13. The second-order valence-electron chi connectivity index (χ2n) is 9.00. The fourth-order valence-corrected chi connectivity index (χ4v) is 4.22. The van der Waals surface area contributed by atoms with Crippen molar-refractivity contribution in [3.63, 3.8) is 0 Å². The van der Waals surface area contributed by atoms with E-state index < -0.39 is 0 Å². The summed E-state index contributed by atoms with van der Waals surface area (Å²) in [5.41, 5.74) is 8.40. The molecule has 1 amide bonds. The molecule has 1 N–H and O–H groups in total. The molecule has 5 nitrogen and oxygen atoms in total. The van der Waals surface area contributed by atoms with E-state index in [1.165, 1.54) is 11.1 Å². The Bertz CT molecular complexity index is 1350. The van der Waals surface area contributed by atoms with Crippen molar-refractivity contribution in [2.45, 2.75) is 47.8 Å². The minimum Gasteiger partial charge on any atom is -0.489 e. The molecule has 4 rings (SSSR count). The highest BCUT2D eigenvalue weighted by Crippen LogP contribution is 2.26. The normalized spacial score (nSPS) is 10.9. The standard InChI is InChI=1S/C29H30ClN3O2/c1-18-7-6-8-24(13-18)16-33-22(5)28(21(4)32-33)31-29(34)25-11-9-23(10-12-25)17-35-26-14-19(2)27(30)20(3)15-26/h6-15H,16-17H2,1-5H3,(H,31,34). The Kier molecular flexibility index (Phi) is 7.27. The van der Waals surface area contributed by atoms with Crippen LogP contribution in [0, 0.1) is 34.6 Å². The number of aromatic nitrogens is 2. The molecular formula is C29H30ClN3O2. The monoisotopic (exact) mass is 487 g/mol. The van der Waals surface area contributed by atoms with E-state index in [-0.39, 0.29) is 5.91 Å². The first-order valence-electron chi connectivity index (χ1n) is 11.6. The molecule has 0 atom stereocenters. The van der Waals surface area contributed by atoms with Gasteiger partial charge in [-0.3, -0.25) is 9.48 Å². The molecule has 6 heteroatoms. The molecule has 0 spiro atoms. The summed E-state index contributed by atoms with van der Waals surface area (Å²) in [6, 6.07) is 19.7. The number of ether oxygens (including phenoxy) is 1. The predicted octanol–water partition coefficient (Wildman–Crippen LogP) is 6.96. The lowest BCUT2D eigenvalue weighted by atomic mass is 10.1. The fraction of sp³-hybridized carbons (Fsp3) is 0.241. The Morgan fingerprint density at radius 3 is 2.29 bits per heavy atom. The first kappa shape index (κ1) is 24.6. The van der Waals surface area contributed by atoms with Gasteiger partial charge in [-0.2, -0.15) is 5.10 Å². The van der Waals surface area contributed by atoms with Crippen molar-refractivity contribution in [2.24, 2.45) is 0 Å². The van der Waals surface area contributed by atoms with Gasteiger partial charge in [0.25, 0.3) is 5.91 Å². The summed E-state index contributed by atoms with van der Waals surface area (Å²) in [5, 5.41) is 8.45. The summed E-state index contributed by atoms with van der Waals surface area (Å²) >= 11 is 6.24. The zero-order chi connectivity index (χ0) is 25.1. The molecule has 1 heterocycles. The number of hydrogen-bond donors (Lipinski definition) is 1. The number of halogens is 1. The van der Waals surface area contributed by atoms with Crippen molar-refractivity contribution < 1.29 is 9.53 Å². The molecule has 0 radical (unpaired) electrons. The van der Waals surface area contributed by atoms with Crippen molar-refractivity contribution in [1.82, 2.24) is 9.78 Å². The first-order valence-corrected chi connectivity index (χ1v) is 12.0. The summed E-state index contributed by atoms with van der Waals surface area (Å²) in [4.78, 5) is 12.9. The van der Waals surface area contributed by atoms with Crippen LogP contribution in [0.1, 0.15) is 49.6 Å². The molecule has 0 saturated carbocycles. The number of carbonyl (C=O) groups is 1. The Morgan fingerprint density at radius 1 is 0.943 bits per heavy atom. The number of rotatable bonds is 7. The number of aryl methyl sites for hydroxylation is 4. The molecule has 3 aromatic carbocycles. The second-order valence-corrected chi connectivity index (χ2v) is 9.38. The lowest BCUT2D eigenvalue weighted by molar-refractivity contribution is 0.102. The van der Waals surface area contributed by atoms with Crippen molar-refractivity contribution in [3.05, 3.63) is 110 Å². The maximum absolute atomic E-state index is 12.9. The van der Waals surface area contributed by atoms with Crippen LogP contribution in [0.4, 0.5) is 5.69 Å². The highest BCUT2D eigenvalue weighted by molar-refractivity contribution is 6.32. The molecule has 0 aliphatic heterocycles. The van der Waals surface area contributed by atoms with Gasteiger partial charge < -0.3 is 10.1 Å². The Labute approximate surface area is 211 Å². The predicted molar refractivity (Wildman–Crippen MR) is 142 cm³/mol. The van der Waals surface area contributed by atoms with Crippen molar-refractivity contribution in [2.75, 3.05) is 5.32 Å². The molecular weight excluding hydrogens is 458 g/mol. The van der Waals surface area contributed by atoms with Crippen LogP contribution in [0.5, 0.6) is 5.75 Å². The minimum atomic E-state index is -0.164. The van der Waals surface area contributed by atoms with E-state index in [0.717, 1.165) is 44.5 Å². The van der Waals surface area contributed by atoms with Gasteiger partial charge >= 0.3 is 0 Å². The number of carbonyl (C=O) groups excluding carboxylic acids is 1. The van der Waals surface area contributed by atoms with E-state index in [2.05, 4.69) is 35.5 Å². The SMILES string of the molecule is Cc1cccc(Cn2nc(C)c(NC(=O)c3ccc(COc4cc(C)c(Cl)c(C)c4)cc3)c2C)c1. The molecule has 0 fully saturated rings. The van der Waals surface area contributed by atoms with Gasteiger partial charge in [0.05, 0.1) is 23.6 Å². The number of amides is 1. The molecule has 1 aromatic heterocycles. The third-order valence-electron chi connectivity index (χ3n) is 6.07. The topological polar surface area (TPSA) is 56.2 Å². The van der Waals surface area contributed by atoms with E-state index in [1.807, 2.05) is 74.8 Å². The number of benzene rings is 3. The lowest BCUT2D eigenvalue weighted by Gasteiger charge is -2.11. The summed E-state index contributed by atoms with van der Waals surface area (Å²) < 4.78 is 7.86. The van der Waals surface area contributed by atoms with Gasteiger partial charge in [0, 0.05) is 10.6 Å². The average Bonchev–Trinajstić information content (AvgIpc) is 3.08. The minimum absolute atomic E-state index is 0.164. The van der Waals surface area contributed by atoms with Gasteiger partial charge in [-0.1, -0.05) is 53.6 Å². The van der Waals surface area contributed by atoms with E-state index >= 15 is 0 Å². The number of nitrogens with zero attached hydrogens (tertiary/aromatic N) is 2. The van der Waals surface area contributed by atoms with Gasteiger partial charge in [-0.25, -0.2) is 0 Å². The molecule has 35 heavy (non-hydrogen) atoms. The van der Waals surface area contributed by atoms with Crippen LogP contribution in [-0.4, -0.2) is 15.7 Å². The molecule has 0 saturated heterocycles. The quantitative estimate of drug-likeness (QED) is 0.306. The van der Waals surface area contributed by atoms with Crippen molar-refractivity contribution in [1.29, 1.82) is 0 Å². The molecule has 0 unspecified atom stereocenters. The van der Waals surface area contributed by atoms with Crippen molar-refractivity contribution >= 4 is 23.2 Å². The highest BCUT2D eigenvalue weighted by atomic mass is 35.5. The van der Waals surface area contributed by atoms with Crippen LogP contribution in [0.15, 0.2) is 60.7 Å². The third kappa shape index (κ3) is 5.75. The smallest absolute Gasteiger partial charge is 0.255 e. The summed E-state index contributed by atoms with van der Waals surface area (Å²) in [5.74, 6) is 0.613. The van der Waals surface area contributed by atoms with Crippen LogP contribution >= 0.6 is 11.6 Å². The van der Waals surface area contributed by atoms with E-state index in [4.69, 9.17) is 16.3 Å². The zero-order valence-corrected chi connectivity index (χ0v) is 21.5. The van der Waals surface area contributed by atoms with E-state index in [9.17, 15) is 4.79 Å². The third-order valence-corrected chi connectivity index (χ3v) is 6.66. The summed E-state index contributed by atoms with van der Waals surface area (Å²) in [7, 11) is 0. The second kappa shape index (κ2) is 10.4. The maximum Gasteiger partial charge on any atom is 0.255 e. The van der Waals surface area contributed by atoms with Gasteiger partial charge in [0.1, 0.15) is 12.4 Å². The number of nitrogens with one attached hydrogen (secondary N) is 1. The largest absolute Gasteiger partial charge is 0.489 e. The van der Waals surface area contributed by atoms with Gasteiger partial charge in [-0.15, -0.1) is 0 Å². The van der Waals surface area contributed by atoms with Gasteiger partial charge in [0.15, 0.2) is 0 Å². The van der Waals surface area contributed by atoms with Crippen LogP contribution in [0.3, 0.4) is 0 Å². The van der Waals surface area contributed by atoms with Gasteiger partial charge in [0.2, 0.25) is 0 Å². The van der Waals surface area contributed by atoms with Crippen LogP contribution in [0.25, 0.3) is 0 Å². The molecule has 0 aliphatic carbocycles. The molecule has 180 valence electrons. The molecule has 0 aliphatic rings. The Hall–Kier alpha value is -3.57. The van der Waals surface area contributed by atoms with Crippen molar-refractivity contribution in [3.8, 4) is 5.75 Å². The molecule has 0 bridgehead atoms. The average molecular weight is 488 g/mol.